The number of aryl methyl sites for hydroxylation is 1. The summed E-state index contributed by atoms with van der Waals surface area (Å²) < 4.78 is 2.17. The second-order valence-electron chi connectivity index (χ2n) is 7.87. The summed E-state index contributed by atoms with van der Waals surface area (Å²) in [7, 11) is 6.21. The lowest BCUT2D eigenvalue weighted by Gasteiger charge is -2.33. The van der Waals surface area contributed by atoms with Crippen LogP contribution in [0.3, 0.4) is 0 Å². The van der Waals surface area contributed by atoms with Gasteiger partial charge in [-0.25, -0.2) is 4.98 Å². The topological polar surface area (TPSA) is 50.1 Å². The lowest BCUT2D eigenvalue weighted by atomic mass is 9.97. The molecule has 0 bridgehead atoms. The fourth-order valence-electron chi connectivity index (χ4n) is 4.04. The van der Waals surface area contributed by atoms with Crippen molar-refractivity contribution >= 4 is 16.7 Å². The molecule has 27 heavy (non-hydrogen) atoms. The van der Waals surface area contributed by atoms with Crippen LogP contribution in [0.15, 0.2) is 30.3 Å². The molecule has 0 N–H and O–H groups in total. The average Bonchev–Trinajstić information content (AvgIpc) is 3.02. The minimum atomic E-state index is 0.390. The Morgan fingerprint density at radius 2 is 2.00 bits per heavy atom. The zero-order valence-electron chi connectivity index (χ0n) is 16.7. The third-order valence-electron chi connectivity index (χ3n) is 5.48. The molecule has 3 aromatic rings. The van der Waals surface area contributed by atoms with Crippen LogP contribution in [0.1, 0.15) is 36.0 Å². The van der Waals surface area contributed by atoms with Crippen molar-refractivity contribution < 1.29 is 0 Å². The van der Waals surface area contributed by atoms with Gasteiger partial charge in [-0.05, 0) is 51.6 Å². The molecular formula is C21H28N6. The zero-order valence-corrected chi connectivity index (χ0v) is 16.7. The first-order valence-corrected chi connectivity index (χ1v) is 9.67. The second-order valence-corrected chi connectivity index (χ2v) is 7.87. The van der Waals surface area contributed by atoms with Gasteiger partial charge >= 0.3 is 0 Å². The first-order valence-electron chi connectivity index (χ1n) is 9.67. The van der Waals surface area contributed by atoms with Crippen LogP contribution in [0.25, 0.3) is 10.9 Å². The number of anilines is 1. The predicted molar refractivity (Wildman–Crippen MR) is 109 cm³/mol. The molecule has 1 aliphatic rings. The number of pyridine rings is 1. The highest BCUT2D eigenvalue weighted by Crippen LogP contribution is 2.30. The molecule has 0 aliphatic carbocycles. The number of nitrogens with zero attached hydrogens (tertiary/aromatic N) is 6. The summed E-state index contributed by atoms with van der Waals surface area (Å²) in [5.74, 6) is 3.58. The van der Waals surface area contributed by atoms with Crippen LogP contribution in [-0.4, -0.2) is 51.8 Å². The van der Waals surface area contributed by atoms with Crippen LogP contribution in [-0.2, 0) is 13.6 Å². The summed E-state index contributed by atoms with van der Waals surface area (Å²) in [6, 6.07) is 10.6. The summed E-state index contributed by atoms with van der Waals surface area (Å²) in [6.45, 7) is 4.97. The molecule has 4 rings (SSSR count). The molecule has 0 spiro atoms. The minimum absolute atomic E-state index is 0.390. The molecule has 1 fully saturated rings. The maximum Gasteiger partial charge on any atom is 0.146 e. The number of hydrogen-bond acceptors (Lipinski definition) is 5. The number of benzene rings is 1. The molecule has 1 aromatic carbocycles. The van der Waals surface area contributed by atoms with E-state index in [4.69, 9.17) is 4.98 Å². The number of hydrogen-bond donors (Lipinski definition) is 0. The van der Waals surface area contributed by atoms with Crippen LogP contribution < -0.4 is 4.90 Å². The molecule has 0 amide bonds. The van der Waals surface area contributed by atoms with Crippen molar-refractivity contribution in [2.45, 2.75) is 32.2 Å². The van der Waals surface area contributed by atoms with E-state index in [-0.39, 0.29) is 0 Å². The summed E-state index contributed by atoms with van der Waals surface area (Å²) >= 11 is 0. The summed E-state index contributed by atoms with van der Waals surface area (Å²) in [6.07, 6.45) is 2.30. The van der Waals surface area contributed by atoms with Gasteiger partial charge in [0.15, 0.2) is 0 Å². The molecular weight excluding hydrogens is 336 g/mol. The van der Waals surface area contributed by atoms with E-state index < -0.39 is 0 Å². The number of para-hydroxylation sites is 1. The maximum absolute atomic E-state index is 4.93. The van der Waals surface area contributed by atoms with E-state index in [1.807, 2.05) is 0 Å². The molecule has 1 aliphatic heterocycles. The Balaban J connectivity index is 1.59. The van der Waals surface area contributed by atoms with Gasteiger partial charge in [0.1, 0.15) is 17.5 Å². The monoisotopic (exact) mass is 364 g/mol. The van der Waals surface area contributed by atoms with Gasteiger partial charge in [0.25, 0.3) is 0 Å². The highest BCUT2D eigenvalue weighted by Gasteiger charge is 2.27. The van der Waals surface area contributed by atoms with Gasteiger partial charge in [0.05, 0.1) is 12.1 Å². The number of rotatable bonds is 4. The van der Waals surface area contributed by atoms with Gasteiger partial charge in [-0.2, -0.15) is 0 Å². The quantitative estimate of drug-likeness (QED) is 0.712. The fourth-order valence-corrected chi connectivity index (χ4v) is 4.04. The van der Waals surface area contributed by atoms with Crippen molar-refractivity contribution in [3.63, 3.8) is 0 Å². The normalized spacial score (nSPS) is 17.8. The predicted octanol–water partition coefficient (Wildman–Crippen LogP) is 3.12. The molecule has 0 saturated carbocycles. The Hall–Kier alpha value is -2.47. The van der Waals surface area contributed by atoms with Crippen molar-refractivity contribution in [2.75, 3.05) is 32.1 Å². The standard InChI is InChI=1S/C21H28N6/c1-15-12-19(22-18-10-6-5-9-17(15)18)27-11-7-8-16(13-27)21-24-23-20(26(21)4)14-25(2)3/h5-6,9-10,12,16H,7-8,11,13-14H2,1-4H3. The first kappa shape index (κ1) is 17.9. The number of fused-ring (bicyclic) bond motifs is 1. The van der Waals surface area contributed by atoms with Crippen molar-refractivity contribution in [1.82, 2.24) is 24.6 Å². The summed E-state index contributed by atoms with van der Waals surface area (Å²) in [5, 5.41) is 10.2. The molecule has 1 saturated heterocycles. The molecule has 142 valence electrons. The van der Waals surface area contributed by atoms with Gasteiger partial charge in [0, 0.05) is 31.4 Å². The summed E-state index contributed by atoms with van der Waals surface area (Å²) in [5.41, 5.74) is 2.35. The Morgan fingerprint density at radius 1 is 1.19 bits per heavy atom. The maximum atomic E-state index is 4.93. The van der Waals surface area contributed by atoms with Gasteiger partial charge in [-0.1, -0.05) is 18.2 Å². The van der Waals surface area contributed by atoms with E-state index >= 15 is 0 Å². The Kier molecular flexibility index (Phi) is 4.83. The molecule has 6 heteroatoms. The Labute approximate surface area is 160 Å². The van der Waals surface area contributed by atoms with Crippen LogP contribution in [0.4, 0.5) is 5.82 Å². The van der Waals surface area contributed by atoms with E-state index in [1.54, 1.807) is 0 Å². The Morgan fingerprint density at radius 3 is 2.81 bits per heavy atom. The number of aromatic nitrogens is 4. The molecule has 0 radical (unpaired) electrons. The zero-order chi connectivity index (χ0) is 19.0. The van der Waals surface area contributed by atoms with Gasteiger partial charge < -0.3 is 14.4 Å². The van der Waals surface area contributed by atoms with Crippen LogP contribution >= 0.6 is 0 Å². The molecule has 6 nitrogen and oxygen atoms in total. The summed E-state index contributed by atoms with van der Waals surface area (Å²) in [4.78, 5) is 9.47. The SMILES string of the molecule is Cc1cc(N2CCCC(c3nnc(CN(C)C)n3C)C2)nc2ccccc12. The molecule has 1 unspecified atom stereocenters. The lowest BCUT2D eigenvalue weighted by Crippen LogP contribution is -2.36. The van der Waals surface area contributed by atoms with E-state index in [2.05, 4.69) is 83.0 Å². The highest BCUT2D eigenvalue weighted by molar-refractivity contribution is 5.83. The van der Waals surface area contributed by atoms with E-state index in [0.717, 1.165) is 55.5 Å². The van der Waals surface area contributed by atoms with Gasteiger partial charge in [-0.3, -0.25) is 0 Å². The van der Waals surface area contributed by atoms with Gasteiger partial charge in [0.2, 0.25) is 0 Å². The molecule has 3 heterocycles. The van der Waals surface area contributed by atoms with Crippen molar-refractivity contribution in [1.29, 1.82) is 0 Å². The smallest absolute Gasteiger partial charge is 0.146 e. The average molecular weight is 364 g/mol. The second kappa shape index (κ2) is 7.27. The van der Waals surface area contributed by atoms with Crippen molar-refractivity contribution in [3.8, 4) is 0 Å². The first-order chi connectivity index (χ1) is 13.0. The van der Waals surface area contributed by atoms with Gasteiger partial charge in [-0.15, -0.1) is 10.2 Å². The van der Waals surface area contributed by atoms with Crippen molar-refractivity contribution in [3.05, 3.63) is 47.5 Å². The highest BCUT2D eigenvalue weighted by atomic mass is 15.3. The third-order valence-corrected chi connectivity index (χ3v) is 5.48. The minimum Gasteiger partial charge on any atom is -0.356 e. The van der Waals surface area contributed by atoms with E-state index in [0.29, 0.717) is 5.92 Å². The third kappa shape index (κ3) is 3.54. The Bertz CT molecular complexity index is 945. The fraction of sp³-hybridized carbons (Fsp3) is 0.476. The van der Waals surface area contributed by atoms with Crippen molar-refractivity contribution in [2.24, 2.45) is 7.05 Å². The van der Waals surface area contributed by atoms with Crippen LogP contribution in [0.2, 0.25) is 0 Å². The van der Waals surface area contributed by atoms with E-state index in [1.165, 1.54) is 10.9 Å². The lowest BCUT2D eigenvalue weighted by molar-refractivity contribution is 0.382. The number of piperidine rings is 1. The van der Waals surface area contributed by atoms with Crippen LogP contribution in [0.5, 0.6) is 0 Å². The largest absolute Gasteiger partial charge is 0.356 e. The van der Waals surface area contributed by atoms with Crippen LogP contribution in [0, 0.1) is 6.92 Å². The van der Waals surface area contributed by atoms with E-state index in [9.17, 15) is 0 Å². The molecule has 2 aromatic heterocycles. The molecule has 1 atom stereocenters.